The van der Waals surface area contributed by atoms with Crippen molar-refractivity contribution < 1.29 is 4.79 Å². The number of carbonyl (C=O) groups excluding carboxylic acids is 1. The highest BCUT2D eigenvalue weighted by Crippen LogP contribution is 2.08. The van der Waals surface area contributed by atoms with E-state index in [0.717, 1.165) is 25.3 Å². The molecule has 0 unspecified atom stereocenters. The van der Waals surface area contributed by atoms with Gasteiger partial charge in [0.1, 0.15) is 0 Å². The van der Waals surface area contributed by atoms with E-state index in [0.29, 0.717) is 6.42 Å². The lowest BCUT2D eigenvalue weighted by molar-refractivity contribution is -0.120. The first-order chi connectivity index (χ1) is 8.15. The van der Waals surface area contributed by atoms with Gasteiger partial charge >= 0.3 is 0 Å². The molecule has 4 heteroatoms. The number of nitrogens with one attached hydrogen (secondary N) is 1. The molecule has 4 nitrogen and oxygen atoms in total. The van der Waals surface area contributed by atoms with Gasteiger partial charge in [-0.2, -0.15) is 0 Å². The van der Waals surface area contributed by atoms with Crippen LogP contribution in [0.1, 0.15) is 18.9 Å². The van der Waals surface area contributed by atoms with Crippen molar-refractivity contribution in [3.05, 3.63) is 29.8 Å². The second kappa shape index (κ2) is 6.91. The molecule has 17 heavy (non-hydrogen) atoms. The predicted octanol–water partition coefficient (Wildman–Crippen LogP) is 1.23. The molecule has 0 aliphatic carbocycles. The SMILES string of the molecule is CCN(CCC(=O)NC)Cc1ccc(N)cc1. The predicted molar refractivity (Wildman–Crippen MR) is 70.5 cm³/mol. The van der Waals surface area contributed by atoms with Crippen LogP contribution in [0, 0.1) is 0 Å². The van der Waals surface area contributed by atoms with Gasteiger partial charge < -0.3 is 11.1 Å². The van der Waals surface area contributed by atoms with Crippen molar-refractivity contribution in [3.8, 4) is 0 Å². The van der Waals surface area contributed by atoms with Crippen LogP contribution in [-0.2, 0) is 11.3 Å². The Morgan fingerprint density at radius 3 is 2.53 bits per heavy atom. The molecule has 0 spiro atoms. The van der Waals surface area contributed by atoms with Crippen LogP contribution in [0.3, 0.4) is 0 Å². The first kappa shape index (κ1) is 13.5. The molecule has 0 radical (unpaired) electrons. The van der Waals surface area contributed by atoms with Gasteiger partial charge in [-0.3, -0.25) is 9.69 Å². The number of amides is 1. The van der Waals surface area contributed by atoms with Crippen LogP contribution in [0.5, 0.6) is 0 Å². The van der Waals surface area contributed by atoms with E-state index in [1.165, 1.54) is 5.56 Å². The smallest absolute Gasteiger partial charge is 0.221 e. The monoisotopic (exact) mass is 235 g/mol. The zero-order valence-corrected chi connectivity index (χ0v) is 10.6. The fourth-order valence-corrected chi connectivity index (χ4v) is 1.61. The highest BCUT2D eigenvalue weighted by molar-refractivity contribution is 5.75. The molecule has 0 bridgehead atoms. The lowest BCUT2D eigenvalue weighted by Crippen LogP contribution is -2.29. The van der Waals surface area contributed by atoms with Crippen LogP contribution >= 0.6 is 0 Å². The Morgan fingerprint density at radius 1 is 1.35 bits per heavy atom. The second-order valence-corrected chi connectivity index (χ2v) is 4.03. The van der Waals surface area contributed by atoms with Crippen LogP contribution < -0.4 is 11.1 Å². The summed E-state index contributed by atoms with van der Waals surface area (Å²) in [6, 6.07) is 7.86. The minimum Gasteiger partial charge on any atom is -0.399 e. The molecule has 1 amide bonds. The molecular formula is C13H21N3O. The average Bonchev–Trinajstić information content (AvgIpc) is 2.36. The number of anilines is 1. The van der Waals surface area contributed by atoms with E-state index >= 15 is 0 Å². The maximum absolute atomic E-state index is 11.2. The van der Waals surface area contributed by atoms with Gasteiger partial charge in [0.05, 0.1) is 0 Å². The van der Waals surface area contributed by atoms with Crippen LogP contribution in [-0.4, -0.2) is 30.9 Å². The standard InChI is InChI=1S/C13H21N3O/c1-3-16(9-8-13(17)15-2)10-11-4-6-12(14)7-5-11/h4-7H,3,8-10,14H2,1-2H3,(H,15,17). The minimum atomic E-state index is 0.0840. The fourth-order valence-electron chi connectivity index (χ4n) is 1.61. The van der Waals surface area contributed by atoms with Crippen molar-refractivity contribution in [2.24, 2.45) is 0 Å². The summed E-state index contributed by atoms with van der Waals surface area (Å²) in [6.07, 6.45) is 0.541. The molecule has 0 fully saturated rings. The van der Waals surface area contributed by atoms with Gasteiger partial charge in [-0.25, -0.2) is 0 Å². The molecule has 1 aromatic rings. The second-order valence-electron chi connectivity index (χ2n) is 4.03. The van der Waals surface area contributed by atoms with Gasteiger partial charge in [0.2, 0.25) is 5.91 Å². The normalized spacial score (nSPS) is 10.5. The van der Waals surface area contributed by atoms with E-state index < -0.39 is 0 Å². The number of carbonyl (C=O) groups is 1. The average molecular weight is 235 g/mol. The van der Waals surface area contributed by atoms with Crippen molar-refractivity contribution in [3.63, 3.8) is 0 Å². The molecule has 0 aliphatic heterocycles. The highest BCUT2D eigenvalue weighted by Gasteiger charge is 2.06. The van der Waals surface area contributed by atoms with Gasteiger partial charge in [-0.15, -0.1) is 0 Å². The molecule has 1 rings (SSSR count). The Morgan fingerprint density at radius 2 is 2.00 bits per heavy atom. The quantitative estimate of drug-likeness (QED) is 0.729. The van der Waals surface area contributed by atoms with E-state index in [1.54, 1.807) is 7.05 Å². The lowest BCUT2D eigenvalue weighted by atomic mass is 10.2. The van der Waals surface area contributed by atoms with Crippen LogP contribution in [0.25, 0.3) is 0 Å². The Hall–Kier alpha value is -1.55. The molecule has 0 aliphatic rings. The van der Waals surface area contributed by atoms with Crippen molar-refractivity contribution >= 4 is 11.6 Å². The van der Waals surface area contributed by atoms with E-state index in [4.69, 9.17) is 5.73 Å². The number of rotatable bonds is 6. The third-order valence-corrected chi connectivity index (χ3v) is 2.77. The summed E-state index contributed by atoms with van der Waals surface area (Å²) in [4.78, 5) is 13.4. The van der Waals surface area contributed by atoms with Gasteiger partial charge in [0.25, 0.3) is 0 Å². The highest BCUT2D eigenvalue weighted by atomic mass is 16.1. The third kappa shape index (κ3) is 4.87. The topological polar surface area (TPSA) is 58.4 Å². The third-order valence-electron chi connectivity index (χ3n) is 2.77. The molecular weight excluding hydrogens is 214 g/mol. The Kier molecular flexibility index (Phi) is 5.49. The van der Waals surface area contributed by atoms with E-state index in [9.17, 15) is 4.79 Å². The Bertz CT molecular complexity index is 348. The van der Waals surface area contributed by atoms with Gasteiger partial charge in [-0.1, -0.05) is 19.1 Å². The summed E-state index contributed by atoms with van der Waals surface area (Å²) >= 11 is 0. The molecule has 1 aromatic carbocycles. The number of nitrogens with two attached hydrogens (primary N) is 1. The molecule has 0 saturated heterocycles. The molecule has 0 atom stereocenters. The molecule has 0 saturated carbocycles. The number of benzene rings is 1. The Balaban J connectivity index is 2.46. The summed E-state index contributed by atoms with van der Waals surface area (Å²) in [5.41, 5.74) is 7.64. The summed E-state index contributed by atoms with van der Waals surface area (Å²) in [6.45, 7) is 4.66. The number of nitrogen functional groups attached to an aromatic ring is 1. The van der Waals surface area contributed by atoms with Gasteiger partial charge in [0.15, 0.2) is 0 Å². The van der Waals surface area contributed by atoms with Crippen molar-refractivity contribution in [1.29, 1.82) is 0 Å². The zero-order chi connectivity index (χ0) is 12.7. The van der Waals surface area contributed by atoms with Crippen LogP contribution in [0.2, 0.25) is 0 Å². The maximum atomic E-state index is 11.2. The van der Waals surface area contributed by atoms with E-state index in [1.807, 2.05) is 24.3 Å². The maximum Gasteiger partial charge on any atom is 0.221 e. The summed E-state index contributed by atoms with van der Waals surface area (Å²) in [5, 5.41) is 2.63. The Labute approximate surface area is 103 Å². The molecule has 94 valence electrons. The van der Waals surface area contributed by atoms with Crippen molar-refractivity contribution in [2.45, 2.75) is 19.9 Å². The summed E-state index contributed by atoms with van der Waals surface area (Å²) in [7, 11) is 1.67. The van der Waals surface area contributed by atoms with Crippen molar-refractivity contribution in [2.75, 3.05) is 25.9 Å². The first-order valence-corrected chi connectivity index (χ1v) is 5.93. The van der Waals surface area contributed by atoms with E-state index in [-0.39, 0.29) is 5.91 Å². The number of hydrogen-bond donors (Lipinski definition) is 2. The summed E-state index contributed by atoms with van der Waals surface area (Å²) in [5.74, 6) is 0.0840. The minimum absolute atomic E-state index is 0.0840. The van der Waals surface area contributed by atoms with Crippen molar-refractivity contribution in [1.82, 2.24) is 10.2 Å². The lowest BCUT2D eigenvalue weighted by Gasteiger charge is -2.20. The molecule has 0 aromatic heterocycles. The molecule has 0 heterocycles. The fraction of sp³-hybridized carbons (Fsp3) is 0.462. The van der Waals surface area contributed by atoms with Gasteiger partial charge in [-0.05, 0) is 24.2 Å². The van der Waals surface area contributed by atoms with E-state index in [2.05, 4.69) is 17.1 Å². The van der Waals surface area contributed by atoms with Crippen LogP contribution in [0.15, 0.2) is 24.3 Å². The molecule has 3 N–H and O–H groups in total. The first-order valence-electron chi connectivity index (χ1n) is 5.93. The van der Waals surface area contributed by atoms with Gasteiger partial charge in [0, 0.05) is 32.2 Å². The zero-order valence-electron chi connectivity index (χ0n) is 10.6. The van der Waals surface area contributed by atoms with Crippen LogP contribution in [0.4, 0.5) is 5.69 Å². The summed E-state index contributed by atoms with van der Waals surface area (Å²) < 4.78 is 0. The largest absolute Gasteiger partial charge is 0.399 e. The number of nitrogens with zero attached hydrogens (tertiary/aromatic N) is 1. The number of hydrogen-bond acceptors (Lipinski definition) is 3.